The van der Waals surface area contributed by atoms with Crippen LogP contribution in [0.4, 0.5) is 0 Å². The first-order chi connectivity index (χ1) is 11.9. The predicted octanol–water partition coefficient (Wildman–Crippen LogP) is 3.30. The van der Waals surface area contributed by atoms with Crippen LogP contribution in [-0.4, -0.2) is 47.3 Å². The van der Waals surface area contributed by atoms with Crippen LogP contribution in [-0.2, 0) is 4.79 Å². The summed E-state index contributed by atoms with van der Waals surface area (Å²) >= 11 is 0. The number of fused-ring (bicyclic) bond motifs is 1. The fraction of sp³-hybridized carbons (Fsp3) is 0.762. The Morgan fingerprint density at radius 1 is 1.40 bits per heavy atom. The van der Waals surface area contributed by atoms with Crippen molar-refractivity contribution < 1.29 is 15.0 Å². The maximum atomic E-state index is 11.6. The van der Waals surface area contributed by atoms with Crippen LogP contribution in [0.15, 0.2) is 23.8 Å². The van der Waals surface area contributed by atoms with Crippen LogP contribution in [0, 0.1) is 17.8 Å². The summed E-state index contributed by atoms with van der Waals surface area (Å²) in [6.07, 6.45) is 13.0. The average Bonchev–Trinajstić information content (AvgIpc) is 3.06. The summed E-state index contributed by atoms with van der Waals surface area (Å²) in [5.74, 6) is 1.33. The molecule has 142 valence electrons. The highest BCUT2D eigenvalue weighted by atomic mass is 16.3. The molecule has 4 heteroatoms. The fourth-order valence-electron chi connectivity index (χ4n) is 4.29. The number of amides is 1. The van der Waals surface area contributed by atoms with E-state index in [0.717, 1.165) is 44.9 Å². The molecule has 2 N–H and O–H groups in total. The van der Waals surface area contributed by atoms with Gasteiger partial charge in [-0.3, -0.25) is 4.79 Å². The van der Waals surface area contributed by atoms with Crippen LogP contribution in [0.2, 0.25) is 0 Å². The molecule has 2 aliphatic rings. The van der Waals surface area contributed by atoms with Gasteiger partial charge in [0, 0.05) is 26.4 Å². The van der Waals surface area contributed by atoms with Crippen LogP contribution >= 0.6 is 0 Å². The lowest BCUT2D eigenvalue weighted by molar-refractivity contribution is -0.128. The molecule has 1 amide bonds. The molecule has 0 aliphatic heterocycles. The van der Waals surface area contributed by atoms with Gasteiger partial charge in [-0.2, -0.15) is 0 Å². The number of hydrogen-bond donors (Lipinski definition) is 2. The number of nitrogens with zero attached hydrogens (tertiary/aromatic N) is 1. The number of rotatable bonds is 9. The van der Waals surface area contributed by atoms with E-state index in [2.05, 4.69) is 19.1 Å². The van der Waals surface area contributed by atoms with E-state index in [1.807, 2.05) is 6.08 Å². The van der Waals surface area contributed by atoms with Gasteiger partial charge in [0.25, 0.3) is 0 Å². The van der Waals surface area contributed by atoms with E-state index in [0.29, 0.717) is 18.3 Å². The van der Waals surface area contributed by atoms with Crippen LogP contribution in [0.5, 0.6) is 0 Å². The molecular weight excluding hydrogens is 314 g/mol. The Labute approximate surface area is 152 Å². The monoisotopic (exact) mass is 349 g/mol. The first-order valence-electron chi connectivity index (χ1n) is 9.86. The summed E-state index contributed by atoms with van der Waals surface area (Å²) < 4.78 is 0. The van der Waals surface area contributed by atoms with Gasteiger partial charge in [0.15, 0.2) is 0 Å². The van der Waals surface area contributed by atoms with E-state index in [1.165, 1.54) is 5.57 Å². The van der Waals surface area contributed by atoms with Crippen molar-refractivity contribution in [1.29, 1.82) is 0 Å². The average molecular weight is 350 g/mol. The number of hydrogen-bond acceptors (Lipinski definition) is 3. The topological polar surface area (TPSA) is 60.8 Å². The summed E-state index contributed by atoms with van der Waals surface area (Å²) in [4.78, 5) is 13.3. The van der Waals surface area contributed by atoms with Crippen molar-refractivity contribution in [2.45, 2.75) is 70.5 Å². The second-order valence-electron chi connectivity index (χ2n) is 7.97. The molecule has 0 heterocycles. The first kappa shape index (κ1) is 20.2. The van der Waals surface area contributed by atoms with Gasteiger partial charge < -0.3 is 15.1 Å². The molecule has 5 atom stereocenters. The van der Waals surface area contributed by atoms with Gasteiger partial charge in [0.2, 0.25) is 5.91 Å². The van der Waals surface area contributed by atoms with Crippen molar-refractivity contribution in [2.75, 3.05) is 14.1 Å². The molecule has 0 spiro atoms. The van der Waals surface area contributed by atoms with E-state index in [4.69, 9.17) is 0 Å². The summed E-state index contributed by atoms with van der Waals surface area (Å²) in [5, 5.41) is 20.2. The van der Waals surface area contributed by atoms with Gasteiger partial charge in [-0.1, -0.05) is 37.1 Å². The van der Waals surface area contributed by atoms with E-state index in [1.54, 1.807) is 19.0 Å². The molecule has 2 aliphatic carbocycles. The van der Waals surface area contributed by atoms with Crippen molar-refractivity contribution >= 4 is 5.91 Å². The van der Waals surface area contributed by atoms with Crippen LogP contribution in [0.3, 0.4) is 0 Å². The molecule has 0 bridgehead atoms. The zero-order valence-electron chi connectivity index (χ0n) is 16.0. The van der Waals surface area contributed by atoms with Crippen molar-refractivity contribution in [3.63, 3.8) is 0 Å². The molecule has 1 saturated carbocycles. The van der Waals surface area contributed by atoms with E-state index in [-0.39, 0.29) is 24.0 Å². The molecule has 0 radical (unpaired) electrons. The minimum Gasteiger partial charge on any atom is -0.392 e. The number of aliphatic hydroxyl groups excluding tert-OH is 2. The molecule has 1 fully saturated rings. The zero-order chi connectivity index (χ0) is 18.4. The molecule has 0 aromatic carbocycles. The van der Waals surface area contributed by atoms with Crippen molar-refractivity contribution in [3.8, 4) is 0 Å². The fourth-order valence-corrected chi connectivity index (χ4v) is 4.29. The van der Waals surface area contributed by atoms with E-state index < -0.39 is 0 Å². The first-order valence-corrected chi connectivity index (χ1v) is 9.86. The molecular formula is C21H35NO3. The van der Waals surface area contributed by atoms with E-state index in [9.17, 15) is 15.0 Å². The number of carbonyl (C=O) groups excluding carboxylic acids is 1. The number of allylic oxidation sites excluding steroid dienone is 2. The lowest BCUT2D eigenvalue weighted by atomic mass is 9.88. The van der Waals surface area contributed by atoms with Gasteiger partial charge in [-0.25, -0.2) is 0 Å². The maximum Gasteiger partial charge on any atom is 0.222 e. The summed E-state index contributed by atoms with van der Waals surface area (Å²) in [5.41, 5.74) is 1.49. The predicted molar refractivity (Wildman–Crippen MR) is 101 cm³/mol. The second kappa shape index (κ2) is 9.54. The molecule has 0 aromatic heterocycles. The van der Waals surface area contributed by atoms with Gasteiger partial charge in [-0.05, 0) is 50.4 Å². The lowest BCUT2D eigenvalue weighted by Gasteiger charge is -2.19. The third-order valence-corrected chi connectivity index (χ3v) is 5.73. The van der Waals surface area contributed by atoms with Crippen LogP contribution in [0.1, 0.15) is 58.3 Å². The Hall–Kier alpha value is -1.13. The number of carbonyl (C=O) groups is 1. The summed E-state index contributed by atoms with van der Waals surface area (Å²) in [6, 6.07) is 0. The Kier molecular flexibility index (Phi) is 7.70. The Bertz CT molecular complexity index is 497. The normalized spacial score (nSPS) is 29.7. The van der Waals surface area contributed by atoms with Crippen molar-refractivity contribution in [2.24, 2.45) is 17.8 Å². The quantitative estimate of drug-likeness (QED) is 0.496. The maximum absolute atomic E-state index is 11.6. The standard InChI is InChI=1S/C21H35NO3/c1-4-7-17(23)10-11-18-19-13-15(12-16(19)14-20(18)24)8-5-6-9-21(25)22(2)3/h10-12,16-20,23-24H,4-9,13-14H2,1-3H3/t16-,17+,18+,19-,20+/m0/s1. The molecule has 0 saturated heterocycles. The second-order valence-corrected chi connectivity index (χ2v) is 7.97. The highest BCUT2D eigenvalue weighted by Crippen LogP contribution is 2.48. The molecule has 25 heavy (non-hydrogen) atoms. The number of unbranched alkanes of at least 4 members (excludes halogenated alkanes) is 1. The van der Waals surface area contributed by atoms with Gasteiger partial charge in [0.1, 0.15) is 0 Å². The number of aliphatic hydroxyl groups is 2. The third-order valence-electron chi connectivity index (χ3n) is 5.73. The molecule has 4 nitrogen and oxygen atoms in total. The van der Waals surface area contributed by atoms with Crippen LogP contribution in [0.25, 0.3) is 0 Å². The Morgan fingerprint density at radius 3 is 2.84 bits per heavy atom. The molecule has 2 rings (SSSR count). The highest BCUT2D eigenvalue weighted by molar-refractivity contribution is 5.75. The summed E-state index contributed by atoms with van der Waals surface area (Å²) in [6.45, 7) is 2.07. The Balaban J connectivity index is 1.78. The SMILES string of the molecule is CCC[C@@H](O)C=C[C@@H]1[C@H]2CC(CCCCC(=O)N(C)C)=C[C@H]2C[C@H]1O. The largest absolute Gasteiger partial charge is 0.392 e. The van der Waals surface area contributed by atoms with E-state index >= 15 is 0 Å². The van der Waals surface area contributed by atoms with Crippen LogP contribution < -0.4 is 0 Å². The van der Waals surface area contributed by atoms with Crippen molar-refractivity contribution in [1.82, 2.24) is 4.90 Å². The molecule has 0 aromatic rings. The van der Waals surface area contributed by atoms with Gasteiger partial charge >= 0.3 is 0 Å². The third kappa shape index (κ3) is 5.68. The van der Waals surface area contributed by atoms with Gasteiger partial charge in [-0.15, -0.1) is 0 Å². The lowest BCUT2D eigenvalue weighted by Crippen LogP contribution is -2.21. The minimum absolute atomic E-state index is 0.167. The minimum atomic E-state index is -0.390. The van der Waals surface area contributed by atoms with Gasteiger partial charge in [0.05, 0.1) is 12.2 Å². The smallest absolute Gasteiger partial charge is 0.222 e. The zero-order valence-corrected chi connectivity index (χ0v) is 16.0. The summed E-state index contributed by atoms with van der Waals surface area (Å²) in [7, 11) is 3.61. The van der Waals surface area contributed by atoms with Crippen molar-refractivity contribution in [3.05, 3.63) is 23.8 Å². The highest BCUT2D eigenvalue weighted by Gasteiger charge is 2.43. The molecule has 0 unspecified atom stereocenters. The Morgan fingerprint density at radius 2 is 2.16 bits per heavy atom.